The molecule has 0 unspecified atom stereocenters. The highest BCUT2D eigenvalue weighted by molar-refractivity contribution is 5.45. The first kappa shape index (κ1) is 12.7. The summed E-state index contributed by atoms with van der Waals surface area (Å²) in [5, 5.41) is 3.62. The molecule has 0 aromatic carbocycles. The number of hydrogen-bond acceptors (Lipinski definition) is 5. The van der Waals surface area contributed by atoms with Gasteiger partial charge in [0.2, 0.25) is 5.95 Å². The van der Waals surface area contributed by atoms with Crippen LogP contribution in [0.3, 0.4) is 0 Å². The number of rotatable bonds is 2. The maximum Gasteiger partial charge on any atom is 0.222 e. The number of fused-ring (bicyclic) bond motifs is 1. The standard InChI is InChI=1S/C14H23N5/c1-9(2)11-6-13(18-14(15)17-11)19-7-10-4-3-5-16-12(10)8-19/h6,9-10,12,16H,3-5,7-8H2,1-2H3,(H2,15,17,18)/t10-,12+/m0/s1. The quantitative estimate of drug-likeness (QED) is 0.841. The van der Waals surface area contributed by atoms with Gasteiger partial charge in [-0.25, -0.2) is 4.98 Å². The molecule has 2 atom stereocenters. The lowest BCUT2D eigenvalue weighted by Crippen LogP contribution is -2.40. The van der Waals surface area contributed by atoms with Crippen LogP contribution in [-0.4, -0.2) is 35.6 Å². The minimum atomic E-state index is 0.382. The van der Waals surface area contributed by atoms with Gasteiger partial charge in [0.1, 0.15) is 5.82 Å². The maximum absolute atomic E-state index is 5.85. The second-order valence-corrected chi connectivity index (χ2v) is 6.03. The van der Waals surface area contributed by atoms with E-state index >= 15 is 0 Å². The summed E-state index contributed by atoms with van der Waals surface area (Å²) in [6.45, 7) is 7.55. The summed E-state index contributed by atoms with van der Waals surface area (Å²) < 4.78 is 0. The Morgan fingerprint density at radius 2 is 2.21 bits per heavy atom. The topological polar surface area (TPSA) is 67.1 Å². The zero-order chi connectivity index (χ0) is 13.4. The van der Waals surface area contributed by atoms with E-state index in [1.54, 1.807) is 0 Å². The number of hydrogen-bond donors (Lipinski definition) is 2. The first-order chi connectivity index (χ1) is 9.13. The van der Waals surface area contributed by atoms with Crippen LogP contribution in [0.4, 0.5) is 11.8 Å². The van der Waals surface area contributed by atoms with Crippen molar-refractivity contribution in [3.05, 3.63) is 11.8 Å². The lowest BCUT2D eigenvalue weighted by atomic mass is 9.94. The third kappa shape index (κ3) is 2.52. The van der Waals surface area contributed by atoms with Crippen molar-refractivity contribution >= 4 is 11.8 Å². The van der Waals surface area contributed by atoms with Gasteiger partial charge in [0.15, 0.2) is 0 Å². The molecule has 2 aliphatic rings. The van der Waals surface area contributed by atoms with Crippen LogP contribution in [-0.2, 0) is 0 Å². The molecule has 5 nitrogen and oxygen atoms in total. The predicted molar refractivity (Wildman–Crippen MR) is 77.3 cm³/mol. The van der Waals surface area contributed by atoms with Gasteiger partial charge in [0.05, 0.1) is 5.69 Å². The SMILES string of the molecule is CC(C)c1cc(N2C[C@@H]3CCCN[C@@H]3C2)nc(N)n1. The van der Waals surface area contributed by atoms with Gasteiger partial charge >= 0.3 is 0 Å². The van der Waals surface area contributed by atoms with Gasteiger partial charge in [-0.2, -0.15) is 4.98 Å². The highest BCUT2D eigenvalue weighted by Gasteiger charge is 2.35. The Balaban J connectivity index is 1.82. The summed E-state index contributed by atoms with van der Waals surface area (Å²) >= 11 is 0. The van der Waals surface area contributed by atoms with Gasteiger partial charge in [-0.3, -0.25) is 0 Å². The zero-order valence-corrected chi connectivity index (χ0v) is 11.8. The maximum atomic E-state index is 5.85. The van der Waals surface area contributed by atoms with Crippen LogP contribution in [0.25, 0.3) is 0 Å². The molecule has 0 spiro atoms. The van der Waals surface area contributed by atoms with Crippen LogP contribution >= 0.6 is 0 Å². The Labute approximate surface area is 114 Å². The molecular weight excluding hydrogens is 238 g/mol. The van der Waals surface area contributed by atoms with E-state index in [1.165, 1.54) is 12.8 Å². The summed E-state index contributed by atoms with van der Waals surface area (Å²) in [7, 11) is 0. The van der Waals surface area contributed by atoms with Gasteiger partial charge in [0.25, 0.3) is 0 Å². The zero-order valence-electron chi connectivity index (χ0n) is 11.8. The number of aromatic nitrogens is 2. The van der Waals surface area contributed by atoms with E-state index in [0.717, 1.165) is 37.1 Å². The molecule has 0 amide bonds. The first-order valence-electron chi connectivity index (χ1n) is 7.26. The lowest BCUT2D eigenvalue weighted by molar-refractivity contribution is 0.340. The van der Waals surface area contributed by atoms with Crippen molar-refractivity contribution in [3.8, 4) is 0 Å². The highest BCUT2D eigenvalue weighted by atomic mass is 15.3. The van der Waals surface area contributed by atoms with Crippen molar-refractivity contribution in [3.63, 3.8) is 0 Å². The third-order valence-corrected chi connectivity index (χ3v) is 4.26. The van der Waals surface area contributed by atoms with Crippen LogP contribution in [0.5, 0.6) is 0 Å². The summed E-state index contributed by atoms with van der Waals surface area (Å²) in [5.74, 6) is 2.52. The normalized spacial score (nSPS) is 26.8. The van der Waals surface area contributed by atoms with Crippen LogP contribution in [0.2, 0.25) is 0 Å². The fraction of sp³-hybridized carbons (Fsp3) is 0.714. The molecule has 5 heteroatoms. The van der Waals surface area contributed by atoms with E-state index in [2.05, 4.69) is 40.1 Å². The van der Waals surface area contributed by atoms with Gasteiger partial charge in [-0.05, 0) is 31.2 Å². The first-order valence-corrected chi connectivity index (χ1v) is 7.26. The van der Waals surface area contributed by atoms with Crippen LogP contribution < -0.4 is 16.0 Å². The monoisotopic (exact) mass is 261 g/mol. The van der Waals surface area contributed by atoms with Gasteiger partial charge in [-0.15, -0.1) is 0 Å². The highest BCUT2D eigenvalue weighted by Crippen LogP contribution is 2.29. The van der Waals surface area contributed by atoms with Crippen molar-refractivity contribution in [2.75, 3.05) is 30.3 Å². The van der Waals surface area contributed by atoms with Crippen molar-refractivity contribution in [2.24, 2.45) is 5.92 Å². The van der Waals surface area contributed by atoms with Crippen molar-refractivity contribution < 1.29 is 0 Å². The van der Waals surface area contributed by atoms with Gasteiger partial charge in [-0.1, -0.05) is 13.8 Å². The third-order valence-electron chi connectivity index (χ3n) is 4.26. The summed E-state index contributed by atoms with van der Waals surface area (Å²) in [6.07, 6.45) is 2.62. The number of nitrogen functional groups attached to an aromatic ring is 1. The second-order valence-electron chi connectivity index (χ2n) is 6.03. The van der Waals surface area contributed by atoms with E-state index in [0.29, 0.717) is 17.9 Å². The predicted octanol–water partition coefficient (Wildman–Crippen LogP) is 1.37. The molecule has 0 bridgehead atoms. The molecule has 3 N–H and O–H groups in total. The average Bonchev–Trinajstić information content (AvgIpc) is 2.81. The number of anilines is 2. The summed E-state index contributed by atoms with van der Waals surface area (Å²) in [4.78, 5) is 11.1. The van der Waals surface area contributed by atoms with Crippen molar-refractivity contribution in [1.29, 1.82) is 0 Å². The summed E-state index contributed by atoms with van der Waals surface area (Å²) in [6, 6.07) is 2.71. The molecule has 1 aromatic rings. The largest absolute Gasteiger partial charge is 0.368 e. The second kappa shape index (κ2) is 4.96. The van der Waals surface area contributed by atoms with Gasteiger partial charge in [0, 0.05) is 25.2 Å². The molecule has 0 saturated carbocycles. The molecular formula is C14H23N5. The molecule has 2 fully saturated rings. The van der Waals surface area contributed by atoms with E-state index in [9.17, 15) is 0 Å². The Hall–Kier alpha value is -1.36. The number of nitrogens with one attached hydrogen (secondary N) is 1. The molecule has 0 aliphatic carbocycles. The molecule has 1 aromatic heterocycles. The molecule has 3 heterocycles. The Morgan fingerprint density at radius 1 is 1.37 bits per heavy atom. The van der Waals surface area contributed by atoms with Crippen molar-refractivity contribution in [1.82, 2.24) is 15.3 Å². The van der Waals surface area contributed by atoms with E-state index in [1.807, 2.05) is 0 Å². The number of nitrogens with two attached hydrogens (primary N) is 1. The molecule has 19 heavy (non-hydrogen) atoms. The molecule has 0 radical (unpaired) electrons. The fourth-order valence-electron chi connectivity index (χ4n) is 3.16. The fourth-order valence-corrected chi connectivity index (χ4v) is 3.16. The molecule has 104 valence electrons. The Morgan fingerprint density at radius 3 is 2.95 bits per heavy atom. The van der Waals surface area contributed by atoms with E-state index < -0.39 is 0 Å². The van der Waals surface area contributed by atoms with Gasteiger partial charge < -0.3 is 16.0 Å². The minimum Gasteiger partial charge on any atom is -0.368 e. The Kier molecular flexibility index (Phi) is 3.31. The Bertz CT molecular complexity index is 445. The van der Waals surface area contributed by atoms with E-state index in [-0.39, 0.29) is 0 Å². The molecule has 2 saturated heterocycles. The van der Waals surface area contributed by atoms with Crippen LogP contribution in [0.15, 0.2) is 6.07 Å². The smallest absolute Gasteiger partial charge is 0.222 e. The average molecular weight is 261 g/mol. The van der Waals surface area contributed by atoms with Crippen molar-refractivity contribution in [2.45, 2.75) is 38.6 Å². The molecule has 3 rings (SSSR count). The van der Waals surface area contributed by atoms with E-state index in [4.69, 9.17) is 5.73 Å². The lowest BCUT2D eigenvalue weighted by Gasteiger charge is -2.24. The van der Waals surface area contributed by atoms with Crippen LogP contribution in [0.1, 0.15) is 38.3 Å². The molecule has 2 aliphatic heterocycles. The summed E-state index contributed by atoms with van der Waals surface area (Å²) in [5.41, 5.74) is 6.88. The minimum absolute atomic E-state index is 0.382. The number of piperidine rings is 1. The van der Waals surface area contributed by atoms with Crippen LogP contribution in [0, 0.1) is 5.92 Å². The number of nitrogens with zero attached hydrogens (tertiary/aromatic N) is 3.